The molecule has 0 fully saturated rings. The fourth-order valence-corrected chi connectivity index (χ4v) is 0.570. The molecule has 0 saturated heterocycles. The van der Waals surface area contributed by atoms with Gasteiger partial charge in [0, 0.05) is 6.21 Å². The third-order valence-corrected chi connectivity index (χ3v) is 1.00. The number of amides is 2. The van der Waals surface area contributed by atoms with Gasteiger partial charge in [-0.15, -0.1) is 0 Å². The van der Waals surface area contributed by atoms with Crippen LogP contribution in [0.3, 0.4) is 0 Å². The first kappa shape index (κ1) is 10.6. The zero-order chi connectivity index (χ0) is 9.40. The molecule has 12 heavy (non-hydrogen) atoms. The molecule has 2 amide bonds. The lowest BCUT2D eigenvalue weighted by molar-refractivity contribution is -0.142. The van der Waals surface area contributed by atoms with Gasteiger partial charge in [0.2, 0.25) is 0 Å². The van der Waals surface area contributed by atoms with E-state index in [-0.39, 0.29) is 12.4 Å². The maximum atomic E-state index is 10.7. The number of carbonyl (C=O) groups excluding carboxylic acids is 2. The second kappa shape index (κ2) is 6.33. The number of nitrogens with zero attached hydrogens (tertiary/aromatic N) is 1. The smallest absolute Gasteiger partial charge is 0.337 e. The predicted molar refractivity (Wildman–Crippen MR) is 43.9 cm³/mol. The van der Waals surface area contributed by atoms with Gasteiger partial charge in [-0.1, -0.05) is 0 Å². The van der Waals surface area contributed by atoms with Crippen LogP contribution in [0.5, 0.6) is 0 Å². The van der Waals surface area contributed by atoms with Crippen LogP contribution in [0.4, 0.5) is 4.79 Å². The summed E-state index contributed by atoms with van der Waals surface area (Å²) in [6, 6.07) is -0.751. The van der Waals surface area contributed by atoms with Crippen LogP contribution in [0.15, 0.2) is 4.99 Å². The Labute approximate surface area is 70.6 Å². The highest BCUT2D eigenvalue weighted by molar-refractivity contribution is 5.83. The molecule has 5 heteroatoms. The van der Waals surface area contributed by atoms with Crippen LogP contribution in [-0.2, 0) is 9.53 Å². The predicted octanol–water partition coefficient (Wildman–Crippen LogP) is 0.479. The molecule has 0 unspecified atom stereocenters. The summed E-state index contributed by atoms with van der Waals surface area (Å²) in [6.07, 6.45) is 1.91. The van der Waals surface area contributed by atoms with Gasteiger partial charge in [0.05, 0.1) is 13.0 Å². The van der Waals surface area contributed by atoms with Crippen LogP contribution in [-0.4, -0.2) is 24.8 Å². The first-order valence-electron chi connectivity index (χ1n) is 3.64. The molecule has 0 aliphatic carbocycles. The molecule has 0 bridgehead atoms. The normalized spacial score (nSPS) is 10.1. The van der Waals surface area contributed by atoms with Crippen LogP contribution < -0.4 is 5.73 Å². The van der Waals surface area contributed by atoms with Crippen LogP contribution in [0.25, 0.3) is 0 Å². The largest absolute Gasteiger partial charge is 0.466 e. The molecule has 0 saturated carbocycles. The van der Waals surface area contributed by atoms with E-state index in [0.717, 1.165) is 0 Å². The van der Waals surface area contributed by atoms with Crippen molar-refractivity contribution in [2.45, 2.75) is 19.8 Å². The van der Waals surface area contributed by atoms with Crippen molar-refractivity contribution in [3.8, 4) is 0 Å². The van der Waals surface area contributed by atoms with E-state index in [1.165, 1.54) is 6.21 Å². The maximum absolute atomic E-state index is 10.7. The molecule has 5 nitrogen and oxygen atoms in total. The number of urea groups is 1. The molecule has 0 aromatic rings. The number of nitrogens with two attached hydrogens (primary N) is 1. The van der Waals surface area contributed by atoms with Gasteiger partial charge in [0.15, 0.2) is 0 Å². The first-order chi connectivity index (χ1) is 5.66. The van der Waals surface area contributed by atoms with Crippen molar-refractivity contribution in [2.75, 3.05) is 6.61 Å². The number of ether oxygens (including phenoxy) is 1. The van der Waals surface area contributed by atoms with Crippen molar-refractivity contribution < 1.29 is 14.3 Å². The number of primary amides is 1. The summed E-state index contributed by atoms with van der Waals surface area (Å²) in [5.41, 5.74) is 4.71. The van der Waals surface area contributed by atoms with E-state index in [0.29, 0.717) is 13.0 Å². The zero-order valence-electron chi connectivity index (χ0n) is 6.95. The molecule has 0 radical (unpaired) electrons. The Morgan fingerprint density at radius 3 is 2.75 bits per heavy atom. The molecule has 0 spiro atoms. The van der Waals surface area contributed by atoms with E-state index < -0.39 is 6.03 Å². The Kier molecular flexibility index (Phi) is 5.60. The molecule has 0 aliphatic rings. The number of hydrogen-bond donors (Lipinski definition) is 1. The number of rotatable bonds is 4. The van der Waals surface area contributed by atoms with Gasteiger partial charge >= 0.3 is 12.0 Å². The van der Waals surface area contributed by atoms with Crippen LogP contribution in [0.1, 0.15) is 19.8 Å². The highest BCUT2D eigenvalue weighted by Gasteiger charge is 1.98. The lowest BCUT2D eigenvalue weighted by atomic mass is 10.3. The van der Waals surface area contributed by atoms with Gasteiger partial charge in [0.1, 0.15) is 0 Å². The Bertz CT molecular complexity index is 189. The van der Waals surface area contributed by atoms with Crippen molar-refractivity contribution in [3.05, 3.63) is 0 Å². The Hall–Kier alpha value is -1.39. The number of esters is 1. The van der Waals surface area contributed by atoms with Crippen molar-refractivity contribution in [1.82, 2.24) is 0 Å². The Balaban J connectivity index is 3.43. The van der Waals surface area contributed by atoms with E-state index in [9.17, 15) is 9.59 Å². The first-order valence-corrected chi connectivity index (χ1v) is 3.64. The molecule has 2 N–H and O–H groups in total. The van der Waals surface area contributed by atoms with Gasteiger partial charge < -0.3 is 10.5 Å². The molecule has 0 atom stereocenters. The second-order valence-corrected chi connectivity index (χ2v) is 1.99. The fraction of sp³-hybridized carbons (Fsp3) is 0.571. The van der Waals surface area contributed by atoms with E-state index in [2.05, 4.69) is 9.73 Å². The second-order valence-electron chi connectivity index (χ2n) is 1.99. The summed E-state index contributed by atoms with van der Waals surface area (Å²) in [5, 5.41) is 0. The third-order valence-electron chi connectivity index (χ3n) is 1.00. The lowest BCUT2D eigenvalue weighted by Gasteiger charge is -1.97. The highest BCUT2D eigenvalue weighted by Crippen LogP contribution is 1.89. The monoisotopic (exact) mass is 172 g/mol. The molecule has 0 heterocycles. The molecular weight excluding hydrogens is 160 g/mol. The molecule has 0 aliphatic heterocycles. The quantitative estimate of drug-likeness (QED) is 0.494. The van der Waals surface area contributed by atoms with Gasteiger partial charge in [0.25, 0.3) is 0 Å². The summed E-state index contributed by atoms with van der Waals surface area (Å²) in [6.45, 7) is 2.10. The topological polar surface area (TPSA) is 81.8 Å². The summed E-state index contributed by atoms with van der Waals surface area (Å²) in [5.74, 6) is -0.298. The summed E-state index contributed by atoms with van der Waals surface area (Å²) < 4.78 is 4.63. The van der Waals surface area contributed by atoms with E-state index in [4.69, 9.17) is 5.73 Å². The van der Waals surface area contributed by atoms with Crippen molar-refractivity contribution in [2.24, 2.45) is 10.7 Å². The summed E-state index contributed by atoms with van der Waals surface area (Å²) in [7, 11) is 0. The summed E-state index contributed by atoms with van der Waals surface area (Å²) >= 11 is 0. The molecule has 0 rings (SSSR count). The number of aliphatic imine (C=N–C) groups is 1. The average molecular weight is 172 g/mol. The van der Waals surface area contributed by atoms with E-state index in [1.807, 2.05) is 0 Å². The van der Waals surface area contributed by atoms with E-state index >= 15 is 0 Å². The van der Waals surface area contributed by atoms with Crippen LogP contribution in [0, 0.1) is 0 Å². The van der Waals surface area contributed by atoms with Crippen molar-refractivity contribution in [1.29, 1.82) is 0 Å². The van der Waals surface area contributed by atoms with Gasteiger partial charge in [-0.3, -0.25) is 4.79 Å². The summed E-state index contributed by atoms with van der Waals surface area (Å²) in [4.78, 5) is 24.0. The molecule has 68 valence electrons. The maximum Gasteiger partial charge on any atom is 0.337 e. The zero-order valence-corrected chi connectivity index (χ0v) is 6.95. The van der Waals surface area contributed by atoms with Crippen LogP contribution >= 0.6 is 0 Å². The standard InChI is InChI=1S/C7H12N2O3/c1-2-12-6(10)4-3-5-9-7(8)11/h5H,2-4H2,1H3,(H2,8,11). The number of hydrogen-bond acceptors (Lipinski definition) is 3. The van der Waals surface area contributed by atoms with Crippen molar-refractivity contribution >= 4 is 18.2 Å². The third kappa shape index (κ3) is 6.73. The van der Waals surface area contributed by atoms with Gasteiger partial charge in [-0.2, -0.15) is 0 Å². The number of carbonyl (C=O) groups is 2. The van der Waals surface area contributed by atoms with Gasteiger partial charge in [-0.25, -0.2) is 9.79 Å². The Morgan fingerprint density at radius 1 is 1.58 bits per heavy atom. The lowest BCUT2D eigenvalue weighted by Crippen LogP contribution is -2.06. The SMILES string of the molecule is CCOC(=O)CCC=NC(N)=O. The highest BCUT2D eigenvalue weighted by atomic mass is 16.5. The van der Waals surface area contributed by atoms with Crippen LogP contribution in [0.2, 0.25) is 0 Å². The Morgan fingerprint density at radius 2 is 2.25 bits per heavy atom. The molecular formula is C7H12N2O3. The minimum Gasteiger partial charge on any atom is -0.466 e. The fourth-order valence-electron chi connectivity index (χ4n) is 0.570. The minimum atomic E-state index is -0.751. The average Bonchev–Trinajstić information content (AvgIpc) is 1.98. The molecule has 0 aromatic carbocycles. The van der Waals surface area contributed by atoms with E-state index in [1.54, 1.807) is 6.92 Å². The molecule has 0 aromatic heterocycles. The van der Waals surface area contributed by atoms with Crippen molar-refractivity contribution in [3.63, 3.8) is 0 Å². The minimum absolute atomic E-state index is 0.227. The van der Waals surface area contributed by atoms with Gasteiger partial charge in [-0.05, 0) is 13.3 Å².